The molecule has 0 bridgehead atoms. The third-order valence-corrected chi connectivity index (χ3v) is 4.13. The fourth-order valence-corrected chi connectivity index (χ4v) is 3.18. The van der Waals surface area contributed by atoms with Crippen LogP contribution in [0.4, 0.5) is 4.39 Å². The van der Waals surface area contributed by atoms with E-state index in [1.165, 1.54) is 18.2 Å². The summed E-state index contributed by atoms with van der Waals surface area (Å²) in [6.45, 7) is -0.475. The fraction of sp³-hybridized carbons (Fsp3) is 0.500. The van der Waals surface area contributed by atoms with Gasteiger partial charge in [0.1, 0.15) is 11.6 Å². The molecule has 2 rings (SSSR count). The molecule has 1 saturated carbocycles. The Balaban J connectivity index is 2.41. The van der Waals surface area contributed by atoms with E-state index in [-0.39, 0.29) is 16.4 Å². The lowest BCUT2D eigenvalue weighted by Crippen LogP contribution is -2.30. The summed E-state index contributed by atoms with van der Waals surface area (Å²) in [5, 5.41) is 11.0. The zero-order valence-electron chi connectivity index (χ0n) is 10.9. The maximum Gasteiger partial charge on any atom is 0.211 e. The predicted molar refractivity (Wildman–Crippen MR) is 73.0 cm³/mol. The Bertz CT molecular complexity index is 515. The van der Waals surface area contributed by atoms with Gasteiger partial charge in [0.25, 0.3) is 0 Å². The number of nitrogens with zero attached hydrogens (tertiary/aromatic N) is 1. The van der Waals surface area contributed by atoms with Gasteiger partial charge >= 0.3 is 0 Å². The van der Waals surface area contributed by atoms with Crippen LogP contribution in [0.2, 0.25) is 5.02 Å². The van der Waals surface area contributed by atoms with Crippen LogP contribution in [0.25, 0.3) is 0 Å². The van der Waals surface area contributed by atoms with Crippen LogP contribution in [0.3, 0.4) is 0 Å². The summed E-state index contributed by atoms with van der Waals surface area (Å²) in [6, 6.07) is 4.18. The van der Waals surface area contributed by atoms with Crippen LogP contribution in [0.5, 0.6) is 0 Å². The molecule has 1 aliphatic carbocycles. The van der Waals surface area contributed by atoms with Crippen molar-refractivity contribution in [2.24, 2.45) is 5.92 Å². The minimum atomic E-state index is -0.786. The molecule has 0 unspecified atom stereocenters. The Morgan fingerprint density at radius 2 is 2.20 bits per heavy atom. The number of ketones is 1. The van der Waals surface area contributed by atoms with Gasteiger partial charge in [-0.3, -0.25) is 14.9 Å². The van der Waals surface area contributed by atoms with Gasteiger partial charge in [0.2, 0.25) is 6.54 Å². The Morgan fingerprint density at radius 3 is 2.80 bits per heavy atom. The maximum atomic E-state index is 14.0. The molecule has 6 heteroatoms. The van der Waals surface area contributed by atoms with E-state index in [2.05, 4.69) is 0 Å². The molecule has 1 fully saturated rings. The standard InChI is InChI=1S/C14H15ClFNO3/c15-11-5-3-6-12(16)14(11)10(8-17(19)20)9-4-1-2-7-13(9)18/h3,5-6,9-10H,1-2,4,7-8H2/t9-,10+/m0/s1. The van der Waals surface area contributed by atoms with Gasteiger partial charge in [-0.2, -0.15) is 0 Å². The maximum absolute atomic E-state index is 14.0. The quantitative estimate of drug-likeness (QED) is 0.630. The first-order valence-electron chi connectivity index (χ1n) is 6.59. The molecule has 1 aromatic rings. The highest BCUT2D eigenvalue weighted by Gasteiger charge is 2.37. The van der Waals surface area contributed by atoms with Gasteiger partial charge in [-0.25, -0.2) is 4.39 Å². The van der Waals surface area contributed by atoms with Crippen molar-refractivity contribution in [3.05, 3.63) is 44.7 Å². The van der Waals surface area contributed by atoms with E-state index < -0.39 is 29.1 Å². The Labute approximate surface area is 121 Å². The Kier molecular flexibility index (Phi) is 4.70. The van der Waals surface area contributed by atoms with Crippen molar-refractivity contribution in [2.75, 3.05) is 6.54 Å². The molecule has 2 atom stereocenters. The summed E-state index contributed by atoms with van der Waals surface area (Å²) in [7, 11) is 0. The number of Topliss-reactive ketones (excluding diaryl/α,β-unsaturated/α-hetero) is 1. The van der Waals surface area contributed by atoms with E-state index >= 15 is 0 Å². The van der Waals surface area contributed by atoms with Gasteiger partial charge in [-0.15, -0.1) is 0 Å². The molecule has 0 saturated heterocycles. The van der Waals surface area contributed by atoms with Crippen LogP contribution < -0.4 is 0 Å². The second kappa shape index (κ2) is 6.31. The van der Waals surface area contributed by atoms with Crippen LogP contribution >= 0.6 is 11.6 Å². The second-order valence-corrected chi connectivity index (χ2v) is 5.48. The molecule has 0 heterocycles. The van der Waals surface area contributed by atoms with Crippen LogP contribution in [-0.2, 0) is 4.79 Å². The molecule has 1 aliphatic rings. The van der Waals surface area contributed by atoms with Crippen LogP contribution in [-0.4, -0.2) is 17.3 Å². The highest BCUT2D eigenvalue weighted by molar-refractivity contribution is 6.31. The summed E-state index contributed by atoms with van der Waals surface area (Å²) in [4.78, 5) is 22.4. The molecule has 0 N–H and O–H groups in total. The summed E-state index contributed by atoms with van der Waals surface area (Å²) in [6.07, 6.45) is 2.59. The summed E-state index contributed by atoms with van der Waals surface area (Å²) < 4.78 is 14.0. The third-order valence-electron chi connectivity index (χ3n) is 3.80. The van der Waals surface area contributed by atoms with Crippen LogP contribution in [0.1, 0.15) is 37.2 Å². The number of benzene rings is 1. The lowest BCUT2D eigenvalue weighted by Gasteiger charge is -2.27. The molecular formula is C14H15ClFNO3. The zero-order chi connectivity index (χ0) is 14.7. The number of carbonyl (C=O) groups excluding carboxylic acids is 1. The first-order valence-corrected chi connectivity index (χ1v) is 6.97. The topological polar surface area (TPSA) is 60.2 Å². The molecule has 108 valence electrons. The number of rotatable bonds is 4. The predicted octanol–water partition coefficient (Wildman–Crippen LogP) is 3.60. The van der Waals surface area contributed by atoms with E-state index in [1.54, 1.807) is 0 Å². The van der Waals surface area contributed by atoms with E-state index in [0.29, 0.717) is 12.8 Å². The minimum Gasteiger partial charge on any atom is -0.299 e. The smallest absolute Gasteiger partial charge is 0.211 e. The van der Waals surface area contributed by atoms with Crippen molar-refractivity contribution >= 4 is 17.4 Å². The average molecular weight is 300 g/mol. The van der Waals surface area contributed by atoms with Gasteiger partial charge in [-0.1, -0.05) is 24.1 Å². The lowest BCUT2D eigenvalue weighted by molar-refractivity contribution is -0.484. The molecule has 0 aliphatic heterocycles. The normalized spacial score (nSPS) is 20.7. The SMILES string of the molecule is O=C1CCCC[C@H]1[C@@H](C[N+](=O)[O-])c1c(F)cccc1Cl. The van der Waals surface area contributed by atoms with Gasteiger partial charge in [0, 0.05) is 27.8 Å². The van der Waals surface area contributed by atoms with E-state index in [9.17, 15) is 19.3 Å². The molecule has 0 spiro atoms. The molecule has 20 heavy (non-hydrogen) atoms. The monoisotopic (exact) mass is 299 g/mol. The molecule has 1 aromatic carbocycles. The van der Waals surface area contributed by atoms with Crippen LogP contribution in [0.15, 0.2) is 18.2 Å². The van der Waals surface area contributed by atoms with E-state index in [4.69, 9.17) is 11.6 Å². The van der Waals surface area contributed by atoms with E-state index in [1.807, 2.05) is 0 Å². The summed E-state index contributed by atoms with van der Waals surface area (Å²) in [5.41, 5.74) is 0.103. The van der Waals surface area contributed by atoms with Crippen molar-refractivity contribution in [3.8, 4) is 0 Å². The van der Waals surface area contributed by atoms with Gasteiger partial charge in [0.15, 0.2) is 0 Å². The number of halogens is 2. The number of nitro groups is 1. The zero-order valence-corrected chi connectivity index (χ0v) is 11.6. The highest BCUT2D eigenvalue weighted by atomic mass is 35.5. The van der Waals surface area contributed by atoms with Crippen molar-refractivity contribution in [1.29, 1.82) is 0 Å². The van der Waals surface area contributed by atoms with Gasteiger partial charge in [0.05, 0.1) is 5.92 Å². The largest absolute Gasteiger partial charge is 0.299 e. The summed E-state index contributed by atoms with van der Waals surface area (Å²) in [5.74, 6) is -1.90. The van der Waals surface area contributed by atoms with Gasteiger partial charge in [-0.05, 0) is 25.0 Å². The fourth-order valence-electron chi connectivity index (χ4n) is 2.88. The molecular weight excluding hydrogens is 285 g/mol. The third kappa shape index (κ3) is 3.15. The Morgan fingerprint density at radius 1 is 1.45 bits per heavy atom. The van der Waals surface area contributed by atoms with Crippen molar-refractivity contribution in [2.45, 2.75) is 31.6 Å². The summed E-state index contributed by atoms with van der Waals surface area (Å²) >= 11 is 6.00. The molecule has 0 aromatic heterocycles. The number of hydrogen-bond donors (Lipinski definition) is 0. The average Bonchev–Trinajstić information content (AvgIpc) is 2.37. The molecule has 4 nitrogen and oxygen atoms in total. The Hall–Kier alpha value is -1.49. The number of carbonyl (C=O) groups is 1. The first kappa shape index (κ1) is 14.9. The van der Waals surface area contributed by atoms with Crippen molar-refractivity contribution < 1.29 is 14.1 Å². The van der Waals surface area contributed by atoms with Crippen molar-refractivity contribution in [3.63, 3.8) is 0 Å². The number of hydrogen-bond acceptors (Lipinski definition) is 3. The van der Waals surface area contributed by atoms with E-state index in [0.717, 1.165) is 12.8 Å². The van der Waals surface area contributed by atoms with Crippen LogP contribution in [0, 0.1) is 21.8 Å². The second-order valence-electron chi connectivity index (χ2n) is 5.08. The minimum absolute atomic E-state index is 0.0255. The lowest BCUT2D eigenvalue weighted by atomic mass is 9.76. The van der Waals surface area contributed by atoms with Crippen molar-refractivity contribution in [1.82, 2.24) is 0 Å². The van der Waals surface area contributed by atoms with Gasteiger partial charge < -0.3 is 0 Å². The molecule has 0 radical (unpaired) electrons. The first-order chi connectivity index (χ1) is 9.50. The molecule has 0 amide bonds. The highest BCUT2D eigenvalue weighted by Crippen LogP contribution is 2.38.